The summed E-state index contributed by atoms with van der Waals surface area (Å²) in [4.78, 5) is 37.3. The summed E-state index contributed by atoms with van der Waals surface area (Å²) in [5.41, 5.74) is 6.24. The van der Waals surface area contributed by atoms with Gasteiger partial charge in [0.25, 0.3) is 11.5 Å². The fourth-order valence-electron chi connectivity index (χ4n) is 3.11. The molecule has 0 aliphatic heterocycles. The van der Waals surface area contributed by atoms with E-state index in [0.717, 1.165) is 11.3 Å². The number of aromatic nitrogens is 3. The molecule has 0 saturated carbocycles. The van der Waals surface area contributed by atoms with Crippen LogP contribution >= 0.6 is 0 Å². The molecule has 0 atom stereocenters. The van der Waals surface area contributed by atoms with Gasteiger partial charge in [-0.15, -0.1) is 0 Å². The van der Waals surface area contributed by atoms with Crippen molar-refractivity contribution in [1.29, 1.82) is 0 Å². The van der Waals surface area contributed by atoms with Crippen molar-refractivity contribution in [3.63, 3.8) is 0 Å². The van der Waals surface area contributed by atoms with E-state index in [2.05, 4.69) is 21.1 Å². The van der Waals surface area contributed by atoms with Crippen LogP contribution < -0.4 is 16.4 Å². The summed E-state index contributed by atoms with van der Waals surface area (Å²) in [5.74, 6) is -0.269. The molecule has 2 aromatic heterocycles. The van der Waals surface area contributed by atoms with Gasteiger partial charge < -0.3 is 4.52 Å². The number of carbonyl (C=O) groups excluding carboxylic acids is 2. The maximum atomic E-state index is 12.6. The summed E-state index contributed by atoms with van der Waals surface area (Å²) in [7, 11) is 0. The minimum atomic E-state index is -0.586. The van der Waals surface area contributed by atoms with Gasteiger partial charge in [-0.1, -0.05) is 30.3 Å². The second kappa shape index (κ2) is 8.68. The predicted octanol–water partition coefficient (Wildman–Crippen LogP) is 1.81. The lowest BCUT2D eigenvalue weighted by Crippen LogP contribution is -2.43. The Morgan fingerprint density at radius 1 is 1.14 bits per heavy atom. The third-order valence-corrected chi connectivity index (χ3v) is 4.62. The largest absolute Gasteiger partial charge is 0.361 e. The van der Waals surface area contributed by atoms with Crippen LogP contribution in [0.2, 0.25) is 0 Å². The maximum Gasteiger partial charge on any atom is 0.290 e. The van der Waals surface area contributed by atoms with E-state index in [-0.39, 0.29) is 23.6 Å². The van der Waals surface area contributed by atoms with Gasteiger partial charge in [-0.05, 0) is 32.8 Å². The molecule has 0 aliphatic carbocycles. The van der Waals surface area contributed by atoms with Gasteiger partial charge in [-0.3, -0.25) is 25.2 Å². The zero-order valence-electron chi connectivity index (χ0n) is 16.6. The van der Waals surface area contributed by atoms with E-state index in [1.165, 1.54) is 4.68 Å². The Kier molecular flexibility index (Phi) is 6.06. The van der Waals surface area contributed by atoms with Gasteiger partial charge in [0.15, 0.2) is 5.69 Å². The van der Waals surface area contributed by atoms with Crippen LogP contribution in [0.3, 0.4) is 0 Å². The van der Waals surface area contributed by atoms with Crippen LogP contribution in [0, 0.1) is 13.8 Å². The molecule has 1 aromatic carbocycles. The van der Waals surface area contributed by atoms with Crippen LogP contribution in [0.5, 0.6) is 0 Å². The molecule has 3 aromatic rings. The average molecular weight is 397 g/mol. The van der Waals surface area contributed by atoms with Crippen LogP contribution in [0.1, 0.15) is 47.3 Å². The van der Waals surface area contributed by atoms with E-state index in [1.54, 1.807) is 31.2 Å². The second-order valence-electron chi connectivity index (χ2n) is 6.73. The minimum absolute atomic E-state index is 0.0830. The Labute approximate surface area is 167 Å². The highest BCUT2D eigenvalue weighted by atomic mass is 16.5. The van der Waals surface area contributed by atoms with E-state index in [0.29, 0.717) is 35.9 Å². The monoisotopic (exact) mass is 397 g/mol. The van der Waals surface area contributed by atoms with Crippen molar-refractivity contribution < 1.29 is 14.1 Å². The molecular formula is C20H23N5O4. The summed E-state index contributed by atoms with van der Waals surface area (Å²) in [6.07, 6.45) is 1.31. The van der Waals surface area contributed by atoms with Gasteiger partial charge in [0.05, 0.1) is 11.1 Å². The lowest BCUT2D eigenvalue weighted by molar-refractivity contribution is -0.121. The van der Waals surface area contributed by atoms with Gasteiger partial charge >= 0.3 is 0 Å². The number of hydrogen-bond donors (Lipinski definition) is 2. The van der Waals surface area contributed by atoms with Crippen molar-refractivity contribution in [1.82, 2.24) is 25.8 Å². The molecule has 152 valence electrons. The first-order chi connectivity index (χ1) is 13.9. The topological polar surface area (TPSA) is 119 Å². The van der Waals surface area contributed by atoms with Crippen molar-refractivity contribution in [3.05, 3.63) is 57.3 Å². The first kappa shape index (κ1) is 20.2. The Balaban J connectivity index is 1.72. The minimum Gasteiger partial charge on any atom is -0.361 e. The number of carbonyl (C=O) groups is 2. The van der Waals surface area contributed by atoms with Gasteiger partial charge in [0.2, 0.25) is 5.91 Å². The summed E-state index contributed by atoms with van der Waals surface area (Å²) in [6, 6.07) is 6.78. The van der Waals surface area contributed by atoms with Crippen molar-refractivity contribution in [2.45, 2.75) is 46.6 Å². The molecular weight excluding hydrogens is 374 g/mol. The number of fused-ring (bicyclic) bond motifs is 1. The third-order valence-electron chi connectivity index (χ3n) is 4.62. The summed E-state index contributed by atoms with van der Waals surface area (Å²) >= 11 is 0. The maximum absolute atomic E-state index is 12.6. The molecule has 9 nitrogen and oxygen atoms in total. The number of aryl methyl sites for hydroxylation is 3. The number of nitrogens with one attached hydrogen (secondary N) is 2. The Hall–Kier alpha value is -3.49. The van der Waals surface area contributed by atoms with E-state index in [9.17, 15) is 14.4 Å². The Bertz CT molecular complexity index is 1100. The number of hydrogen-bond acceptors (Lipinski definition) is 6. The van der Waals surface area contributed by atoms with Crippen LogP contribution in [-0.4, -0.2) is 26.8 Å². The first-order valence-corrected chi connectivity index (χ1v) is 9.43. The quantitative estimate of drug-likeness (QED) is 0.612. The molecule has 2 N–H and O–H groups in total. The van der Waals surface area contributed by atoms with Crippen molar-refractivity contribution in [2.24, 2.45) is 0 Å². The van der Waals surface area contributed by atoms with E-state index < -0.39 is 5.91 Å². The molecule has 0 fully saturated rings. The highest BCUT2D eigenvalue weighted by Crippen LogP contribution is 2.15. The summed E-state index contributed by atoms with van der Waals surface area (Å²) in [6.45, 7) is 5.92. The van der Waals surface area contributed by atoms with Gasteiger partial charge in [0.1, 0.15) is 5.76 Å². The summed E-state index contributed by atoms with van der Waals surface area (Å²) in [5, 5.41) is 8.90. The number of benzene rings is 1. The molecule has 2 heterocycles. The van der Waals surface area contributed by atoms with E-state index >= 15 is 0 Å². The molecule has 3 rings (SSSR count). The molecule has 0 bridgehead atoms. The molecule has 29 heavy (non-hydrogen) atoms. The van der Waals surface area contributed by atoms with Crippen molar-refractivity contribution in [2.75, 3.05) is 0 Å². The highest BCUT2D eigenvalue weighted by Gasteiger charge is 2.17. The van der Waals surface area contributed by atoms with Crippen LogP contribution in [-0.2, 0) is 17.8 Å². The normalized spacial score (nSPS) is 10.9. The van der Waals surface area contributed by atoms with E-state index in [1.807, 2.05) is 13.8 Å². The van der Waals surface area contributed by atoms with Gasteiger partial charge in [-0.2, -0.15) is 5.10 Å². The number of rotatable bonds is 6. The highest BCUT2D eigenvalue weighted by molar-refractivity contribution is 6.05. The molecule has 0 spiro atoms. The fraction of sp³-hybridized carbons (Fsp3) is 0.350. The van der Waals surface area contributed by atoms with Crippen LogP contribution in [0.15, 0.2) is 33.6 Å². The number of nitrogens with zero attached hydrogens (tertiary/aromatic N) is 3. The number of hydrazine groups is 1. The molecule has 0 saturated heterocycles. The van der Waals surface area contributed by atoms with Crippen molar-refractivity contribution >= 4 is 22.6 Å². The Morgan fingerprint density at radius 2 is 1.86 bits per heavy atom. The summed E-state index contributed by atoms with van der Waals surface area (Å²) < 4.78 is 6.35. The molecule has 0 radical (unpaired) electrons. The zero-order valence-corrected chi connectivity index (χ0v) is 16.6. The fourth-order valence-corrected chi connectivity index (χ4v) is 3.11. The first-order valence-electron chi connectivity index (χ1n) is 9.43. The van der Waals surface area contributed by atoms with Gasteiger partial charge in [-0.25, -0.2) is 4.68 Å². The lowest BCUT2D eigenvalue weighted by atomic mass is 10.1. The average Bonchev–Trinajstić information content (AvgIpc) is 3.04. The van der Waals surface area contributed by atoms with Crippen LogP contribution in [0.4, 0.5) is 0 Å². The molecule has 2 amide bonds. The predicted molar refractivity (Wildman–Crippen MR) is 106 cm³/mol. The third kappa shape index (κ3) is 4.34. The standard InChI is InChI=1S/C20H23N5O4/c1-4-11-25-20(28)16-8-6-5-7-15(16)18(23-25)19(27)22-21-17(26)10-9-14-12(2)24-29-13(14)3/h5-8H,4,9-11H2,1-3H3,(H,21,26)(H,22,27). The van der Waals surface area contributed by atoms with Crippen LogP contribution in [0.25, 0.3) is 10.8 Å². The SMILES string of the molecule is CCCn1nc(C(=O)NNC(=O)CCc2c(C)noc2C)c2ccccc2c1=O. The molecule has 0 unspecified atom stereocenters. The smallest absolute Gasteiger partial charge is 0.290 e. The molecule has 0 aliphatic rings. The lowest BCUT2D eigenvalue weighted by Gasteiger charge is -2.11. The van der Waals surface area contributed by atoms with Crippen molar-refractivity contribution in [3.8, 4) is 0 Å². The molecule has 9 heteroatoms. The number of amides is 2. The van der Waals surface area contributed by atoms with E-state index in [4.69, 9.17) is 4.52 Å². The zero-order chi connectivity index (χ0) is 21.0. The second-order valence-corrected chi connectivity index (χ2v) is 6.73. The van der Waals surface area contributed by atoms with Gasteiger partial charge in [0, 0.05) is 23.9 Å². The Morgan fingerprint density at radius 3 is 2.52 bits per heavy atom.